The molecule has 0 bridgehead atoms. The minimum absolute atomic E-state index is 0.653. The van der Waals surface area contributed by atoms with Gasteiger partial charge in [0.25, 0.3) is 0 Å². The molecule has 10 heavy (non-hydrogen) atoms. The lowest BCUT2D eigenvalue weighted by Gasteiger charge is -1.86. The Bertz CT molecular complexity index is 215. The fraction of sp³-hybridized carbons (Fsp3) is 0.375. The van der Waals surface area contributed by atoms with Crippen LogP contribution in [-0.4, -0.2) is 6.29 Å². The predicted octanol–water partition coefficient (Wildman–Crippen LogP) is 2.19. The van der Waals surface area contributed by atoms with Crippen LogP contribution in [0.4, 0.5) is 0 Å². The molecule has 2 heteroatoms. The maximum absolute atomic E-state index is 9.99. The number of thiophene rings is 1. The first kappa shape index (κ1) is 7.48. The van der Waals surface area contributed by atoms with Gasteiger partial charge < -0.3 is 4.79 Å². The summed E-state index contributed by atoms with van der Waals surface area (Å²) in [5, 5.41) is 2.11. The lowest BCUT2D eigenvalue weighted by Crippen LogP contribution is -1.79. The first-order valence-electron chi connectivity index (χ1n) is 3.30. The normalized spacial score (nSPS) is 9.70. The highest BCUT2D eigenvalue weighted by molar-refractivity contribution is 7.10. The summed E-state index contributed by atoms with van der Waals surface area (Å²) in [5.74, 6) is 0. The number of aldehydes is 1. The van der Waals surface area contributed by atoms with E-state index in [1.54, 1.807) is 11.3 Å². The number of carbonyl (C=O) groups excluding carboxylic acids is 1. The van der Waals surface area contributed by atoms with Crippen molar-refractivity contribution in [2.24, 2.45) is 0 Å². The number of hydrogen-bond donors (Lipinski definition) is 0. The molecule has 0 amide bonds. The largest absolute Gasteiger partial charge is 0.303 e. The molecule has 1 nitrogen and oxygen atoms in total. The van der Waals surface area contributed by atoms with Crippen LogP contribution in [0.25, 0.3) is 0 Å². The fourth-order valence-electron chi connectivity index (χ4n) is 0.823. The van der Waals surface area contributed by atoms with Gasteiger partial charge in [-0.1, -0.05) is 0 Å². The molecule has 0 aliphatic heterocycles. The second-order valence-corrected chi connectivity index (χ2v) is 3.29. The molecule has 0 saturated heterocycles. The molecule has 0 fully saturated rings. The minimum atomic E-state index is 0.653. The molecule has 1 rings (SSSR count). The summed E-state index contributed by atoms with van der Waals surface area (Å²) in [5.41, 5.74) is 1.30. The van der Waals surface area contributed by atoms with E-state index < -0.39 is 0 Å². The van der Waals surface area contributed by atoms with E-state index in [1.165, 1.54) is 10.4 Å². The van der Waals surface area contributed by atoms with Crippen molar-refractivity contribution in [3.05, 3.63) is 21.9 Å². The van der Waals surface area contributed by atoms with Crippen LogP contribution < -0.4 is 0 Å². The number of hydrogen-bond acceptors (Lipinski definition) is 2. The maximum Gasteiger partial charge on any atom is 0.120 e. The standard InChI is InChI=1S/C8H10OS/c1-7-5-8(10-6-7)3-2-4-9/h4-6H,2-3H2,1H3. The van der Waals surface area contributed by atoms with Crippen LogP contribution in [0.5, 0.6) is 0 Å². The highest BCUT2D eigenvalue weighted by Crippen LogP contribution is 2.14. The Kier molecular flexibility index (Phi) is 2.63. The van der Waals surface area contributed by atoms with Gasteiger partial charge in [0.05, 0.1) is 0 Å². The Hall–Kier alpha value is -0.630. The topological polar surface area (TPSA) is 17.1 Å². The van der Waals surface area contributed by atoms with Crippen LogP contribution in [-0.2, 0) is 11.2 Å². The van der Waals surface area contributed by atoms with Gasteiger partial charge in [-0.25, -0.2) is 0 Å². The van der Waals surface area contributed by atoms with Crippen LogP contribution in [0, 0.1) is 6.92 Å². The lowest BCUT2D eigenvalue weighted by atomic mass is 10.2. The summed E-state index contributed by atoms with van der Waals surface area (Å²) in [6.45, 7) is 2.07. The first-order valence-corrected chi connectivity index (χ1v) is 4.18. The van der Waals surface area contributed by atoms with E-state index in [4.69, 9.17) is 0 Å². The average molecular weight is 154 g/mol. The number of rotatable bonds is 3. The molecule has 1 aromatic heterocycles. The zero-order valence-corrected chi connectivity index (χ0v) is 6.78. The third kappa shape index (κ3) is 1.95. The Labute approximate surface area is 64.7 Å². The van der Waals surface area contributed by atoms with Crippen molar-refractivity contribution >= 4 is 17.6 Å². The highest BCUT2D eigenvalue weighted by Gasteiger charge is 1.94. The molecule has 1 heterocycles. The van der Waals surface area contributed by atoms with E-state index >= 15 is 0 Å². The van der Waals surface area contributed by atoms with Gasteiger partial charge in [-0.2, -0.15) is 0 Å². The van der Waals surface area contributed by atoms with Crippen molar-refractivity contribution in [3.63, 3.8) is 0 Å². The zero-order chi connectivity index (χ0) is 7.40. The van der Waals surface area contributed by atoms with E-state index in [0.717, 1.165) is 12.7 Å². The molecule has 0 spiro atoms. The molecule has 54 valence electrons. The molecular formula is C8H10OS. The number of aryl methyl sites for hydroxylation is 2. The van der Waals surface area contributed by atoms with Gasteiger partial charge in [0, 0.05) is 11.3 Å². The monoisotopic (exact) mass is 154 g/mol. The van der Waals surface area contributed by atoms with Gasteiger partial charge in [-0.05, 0) is 30.4 Å². The summed E-state index contributed by atoms with van der Waals surface area (Å²) in [6, 6.07) is 2.13. The zero-order valence-electron chi connectivity index (χ0n) is 5.96. The molecule has 1 aromatic rings. The van der Waals surface area contributed by atoms with Gasteiger partial charge in [0.15, 0.2) is 0 Å². The van der Waals surface area contributed by atoms with Crippen molar-refractivity contribution in [1.29, 1.82) is 0 Å². The molecule has 0 aliphatic rings. The summed E-state index contributed by atoms with van der Waals surface area (Å²) in [4.78, 5) is 11.3. The lowest BCUT2D eigenvalue weighted by molar-refractivity contribution is -0.107. The predicted molar refractivity (Wildman–Crippen MR) is 43.4 cm³/mol. The van der Waals surface area contributed by atoms with Crippen LogP contribution in [0.2, 0.25) is 0 Å². The molecule has 0 aromatic carbocycles. The van der Waals surface area contributed by atoms with E-state index in [2.05, 4.69) is 18.4 Å². The third-order valence-electron chi connectivity index (χ3n) is 1.29. The van der Waals surface area contributed by atoms with Gasteiger partial charge in [0.2, 0.25) is 0 Å². The maximum atomic E-state index is 9.99. The van der Waals surface area contributed by atoms with Crippen LogP contribution in [0.3, 0.4) is 0 Å². The Morgan fingerprint density at radius 3 is 3.00 bits per heavy atom. The van der Waals surface area contributed by atoms with E-state index in [-0.39, 0.29) is 0 Å². The van der Waals surface area contributed by atoms with E-state index in [9.17, 15) is 4.79 Å². The summed E-state index contributed by atoms with van der Waals surface area (Å²) >= 11 is 1.73. The van der Waals surface area contributed by atoms with Crippen molar-refractivity contribution in [2.45, 2.75) is 19.8 Å². The van der Waals surface area contributed by atoms with Gasteiger partial charge in [-0.15, -0.1) is 11.3 Å². The summed E-state index contributed by atoms with van der Waals surface area (Å²) < 4.78 is 0. The van der Waals surface area contributed by atoms with Gasteiger partial charge in [0.1, 0.15) is 6.29 Å². The molecule has 0 radical (unpaired) electrons. The highest BCUT2D eigenvalue weighted by atomic mass is 32.1. The second-order valence-electron chi connectivity index (χ2n) is 2.30. The van der Waals surface area contributed by atoms with Crippen molar-refractivity contribution in [2.75, 3.05) is 0 Å². The first-order chi connectivity index (χ1) is 4.83. The van der Waals surface area contributed by atoms with Crippen LogP contribution in [0.1, 0.15) is 16.9 Å². The Morgan fingerprint density at radius 2 is 2.50 bits per heavy atom. The van der Waals surface area contributed by atoms with Crippen molar-refractivity contribution in [1.82, 2.24) is 0 Å². The van der Waals surface area contributed by atoms with Crippen molar-refractivity contribution < 1.29 is 4.79 Å². The number of carbonyl (C=O) groups is 1. The van der Waals surface area contributed by atoms with E-state index in [0.29, 0.717) is 6.42 Å². The van der Waals surface area contributed by atoms with Gasteiger partial charge >= 0.3 is 0 Å². The summed E-state index contributed by atoms with van der Waals surface area (Å²) in [6.07, 6.45) is 2.52. The molecule has 0 unspecified atom stereocenters. The van der Waals surface area contributed by atoms with Crippen LogP contribution in [0.15, 0.2) is 11.4 Å². The van der Waals surface area contributed by atoms with Crippen molar-refractivity contribution in [3.8, 4) is 0 Å². The third-order valence-corrected chi connectivity index (χ3v) is 2.41. The second kappa shape index (κ2) is 3.52. The molecule has 0 N–H and O–H groups in total. The van der Waals surface area contributed by atoms with E-state index in [1.807, 2.05) is 0 Å². The average Bonchev–Trinajstić information content (AvgIpc) is 2.31. The quantitative estimate of drug-likeness (QED) is 0.610. The summed E-state index contributed by atoms with van der Waals surface area (Å²) in [7, 11) is 0. The molecule has 0 aliphatic carbocycles. The SMILES string of the molecule is Cc1csc(CCC=O)c1. The Morgan fingerprint density at radius 1 is 1.70 bits per heavy atom. The molecule has 0 saturated carbocycles. The van der Waals surface area contributed by atoms with Crippen LogP contribution >= 0.6 is 11.3 Å². The fourth-order valence-corrected chi connectivity index (χ4v) is 1.72. The van der Waals surface area contributed by atoms with Gasteiger partial charge in [-0.3, -0.25) is 0 Å². The molecular weight excluding hydrogens is 144 g/mol. The smallest absolute Gasteiger partial charge is 0.120 e. The molecule has 0 atom stereocenters. The Balaban J connectivity index is 2.49. The minimum Gasteiger partial charge on any atom is -0.303 e.